The predicted molar refractivity (Wildman–Crippen MR) is 64.9 cm³/mol. The number of rotatable bonds is 3. The summed E-state index contributed by atoms with van der Waals surface area (Å²) in [5.74, 6) is 0. The number of primary amides is 1. The van der Waals surface area contributed by atoms with Gasteiger partial charge in [0.25, 0.3) is 0 Å². The number of urea groups is 1. The first-order valence-corrected chi connectivity index (χ1v) is 5.37. The van der Waals surface area contributed by atoms with E-state index < -0.39 is 6.03 Å². The minimum Gasteiger partial charge on any atom is -0.350 e. The average Bonchev–Trinajstić information content (AvgIpc) is 2.69. The summed E-state index contributed by atoms with van der Waals surface area (Å²) < 4.78 is 1.81. The van der Waals surface area contributed by atoms with Gasteiger partial charge >= 0.3 is 6.03 Å². The van der Waals surface area contributed by atoms with Crippen LogP contribution in [-0.2, 0) is 0 Å². The second-order valence-electron chi connectivity index (χ2n) is 3.68. The maximum Gasteiger partial charge on any atom is 0.333 e. The highest BCUT2D eigenvalue weighted by atomic mass is 16.2. The molecule has 0 saturated heterocycles. The molecule has 2 rings (SSSR count). The van der Waals surface area contributed by atoms with Gasteiger partial charge in [0.1, 0.15) is 0 Å². The van der Waals surface area contributed by atoms with Crippen LogP contribution in [0.1, 0.15) is 13.3 Å². The summed E-state index contributed by atoms with van der Waals surface area (Å²) >= 11 is 0. The van der Waals surface area contributed by atoms with E-state index in [4.69, 9.17) is 5.73 Å². The van der Waals surface area contributed by atoms with Crippen LogP contribution in [0.15, 0.2) is 36.5 Å². The van der Waals surface area contributed by atoms with Crippen molar-refractivity contribution in [3.8, 4) is 0 Å². The number of fused-ring (bicyclic) bond motifs is 1. The smallest absolute Gasteiger partial charge is 0.333 e. The summed E-state index contributed by atoms with van der Waals surface area (Å²) in [5.41, 5.74) is 6.37. The second kappa shape index (κ2) is 4.26. The van der Waals surface area contributed by atoms with Gasteiger partial charge in [0.2, 0.25) is 0 Å². The largest absolute Gasteiger partial charge is 0.350 e. The Bertz CT molecular complexity index is 504. The summed E-state index contributed by atoms with van der Waals surface area (Å²) in [6.45, 7) is 2.63. The molecule has 2 amide bonds. The van der Waals surface area contributed by atoms with E-state index in [-0.39, 0.29) is 0 Å². The number of nitrogens with two attached hydrogens (primary N) is 1. The van der Waals surface area contributed by atoms with Gasteiger partial charge in [-0.3, -0.25) is 4.68 Å². The predicted octanol–water partition coefficient (Wildman–Crippen LogP) is 2.07. The van der Waals surface area contributed by atoms with Crippen LogP contribution in [0, 0.1) is 0 Å². The highest BCUT2D eigenvalue weighted by Gasteiger charge is 2.12. The fourth-order valence-corrected chi connectivity index (χ4v) is 1.81. The Morgan fingerprint density at radius 3 is 2.81 bits per heavy atom. The summed E-state index contributed by atoms with van der Waals surface area (Å²) in [6.07, 6.45) is 2.74. The van der Waals surface area contributed by atoms with Crippen LogP contribution in [0.4, 0.5) is 4.79 Å². The lowest BCUT2D eigenvalue weighted by Gasteiger charge is -2.21. The molecule has 0 saturated carbocycles. The Hall–Kier alpha value is -1.97. The molecule has 0 unspecified atom stereocenters. The zero-order valence-corrected chi connectivity index (χ0v) is 9.26. The number of benzene rings is 1. The SMILES string of the molecule is CCCN(C(N)=O)n1ccc2ccccc21. The first-order chi connectivity index (χ1) is 7.74. The van der Waals surface area contributed by atoms with Gasteiger partial charge < -0.3 is 5.73 Å². The number of carbonyl (C=O) groups excluding carboxylic acids is 1. The Morgan fingerprint density at radius 2 is 2.12 bits per heavy atom. The molecule has 0 aliphatic heterocycles. The van der Waals surface area contributed by atoms with Crippen molar-refractivity contribution < 1.29 is 4.79 Å². The maximum absolute atomic E-state index is 11.4. The highest BCUT2D eigenvalue weighted by molar-refractivity contribution is 5.87. The van der Waals surface area contributed by atoms with E-state index in [2.05, 4.69) is 0 Å². The normalized spacial score (nSPS) is 10.6. The Kier molecular flexibility index (Phi) is 2.81. The minimum absolute atomic E-state index is 0.428. The topological polar surface area (TPSA) is 51.3 Å². The number of hydrogen-bond donors (Lipinski definition) is 1. The molecular formula is C12H15N3O. The quantitative estimate of drug-likeness (QED) is 0.840. The number of nitrogens with zero attached hydrogens (tertiary/aromatic N) is 2. The lowest BCUT2D eigenvalue weighted by Crippen LogP contribution is -2.44. The van der Waals surface area contributed by atoms with Crippen molar-refractivity contribution >= 4 is 16.9 Å². The molecule has 0 radical (unpaired) electrons. The molecule has 4 heteroatoms. The highest BCUT2D eigenvalue weighted by Crippen LogP contribution is 2.15. The zero-order chi connectivity index (χ0) is 11.5. The van der Waals surface area contributed by atoms with Crippen LogP contribution in [0.5, 0.6) is 0 Å². The van der Waals surface area contributed by atoms with Gasteiger partial charge in [0.15, 0.2) is 0 Å². The van der Waals surface area contributed by atoms with E-state index in [1.54, 1.807) is 9.69 Å². The van der Waals surface area contributed by atoms with Gasteiger partial charge in [-0.1, -0.05) is 25.1 Å². The fourth-order valence-electron chi connectivity index (χ4n) is 1.81. The second-order valence-corrected chi connectivity index (χ2v) is 3.68. The van der Waals surface area contributed by atoms with Crippen molar-refractivity contribution in [3.63, 3.8) is 0 Å². The third-order valence-corrected chi connectivity index (χ3v) is 2.53. The number of para-hydroxylation sites is 1. The molecule has 2 aromatic rings. The van der Waals surface area contributed by atoms with Gasteiger partial charge in [-0.25, -0.2) is 9.80 Å². The molecule has 0 spiro atoms. The Morgan fingerprint density at radius 1 is 1.38 bits per heavy atom. The van der Waals surface area contributed by atoms with Crippen molar-refractivity contribution in [2.24, 2.45) is 5.73 Å². The van der Waals surface area contributed by atoms with Gasteiger partial charge in [0, 0.05) is 18.1 Å². The molecular weight excluding hydrogens is 202 g/mol. The monoisotopic (exact) mass is 217 g/mol. The van der Waals surface area contributed by atoms with Crippen molar-refractivity contribution in [3.05, 3.63) is 36.5 Å². The van der Waals surface area contributed by atoms with Gasteiger partial charge in [-0.05, 0) is 18.6 Å². The first kappa shape index (κ1) is 10.5. The molecule has 0 aliphatic carbocycles. The maximum atomic E-state index is 11.4. The summed E-state index contributed by atoms with van der Waals surface area (Å²) in [6, 6.07) is 9.45. The van der Waals surface area contributed by atoms with E-state index >= 15 is 0 Å². The third kappa shape index (κ3) is 1.74. The lowest BCUT2D eigenvalue weighted by atomic mass is 10.3. The van der Waals surface area contributed by atoms with E-state index in [0.29, 0.717) is 6.54 Å². The van der Waals surface area contributed by atoms with Crippen molar-refractivity contribution in [1.29, 1.82) is 0 Å². The number of aromatic nitrogens is 1. The number of hydrogen-bond acceptors (Lipinski definition) is 1. The standard InChI is InChI=1S/C12H15N3O/c1-2-8-15(12(13)16)14-9-7-10-5-3-4-6-11(10)14/h3-7,9H,2,8H2,1H3,(H2,13,16). The van der Waals surface area contributed by atoms with Crippen molar-refractivity contribution in [1.82, 2.24) is 4.68 Å². The molecule has 16 heavy (non-hydrogen) atoms. The molecule has 1 aromatic heterocycles. The number of carbonyl (C=O) groups is 1. The van der Waals surface area contributed by atoms with Crippen molar-refractivity contribution in [2.75, 3.05) is 11.6 Å². The minimum atomic E-state index is -0.428. The van der Waals surface area contributed by atoms with Gasteiger partial charge in [-0.2, -0.15) is 0 Å². The summed E-state index contributed by atoms with van der Waals surface area (Å²) in [5, 5.41) is 2.65. The molecule has 0 atom stereocenters. The molecule has 84 valence electrons. The Balaban J connectivity index is 2.48. The van der Waals surface area contributed by atoms with Crippen LogP contribution in [0.2, 0.25) is 0 Å². The molecule has 1 aromatic carbocycles. The van der Waals surface area contributed by atoms with Crippen molar-refractivity contribution in [2.45, 2.75) is 13.3 Å². The molecule has 0 fully saturated rings. The molecule has 2 N–H and O–H groups in total. The zero-order valence-electron chi connectivity index (χ0n) is 9.26. The Labute approximate surface area is 94.2 Å². The van der Waals surface area contributed by atoms with Gasteiger partial charge in [-0.15, -0.1) is 0 Å². The van der Waals surface area contributed by atoms with E-state index in [0.717, 1.165) is 17.3 Å². The lowest BCUT2D eigenvalue weighted by molar-refractivity contribution is 0.249. The fraction of sp³-hybridized carbons (Fsp3) is 0.250. The van der Waals surface area contributed by atoms with Crippen LogP contribution < -0.4 is 10.7 Å². The average molecular weight is 217 g/mol. The molecule has 0 bridgehead atoms. The molecule has 1 heterocycles. The molecule has 4 nitrogen and oxygen atoms in total. The first-order valence-electron chi connectivity index (χ1n) is 5.37. The summed E-state index contributed by atoms with van der Waals surface area (Å²) in [4.78, 5) is 11.4. The summed E-state index contributed by atoms with van der Waals surface area (Å²) in [7, 11) is 0. The third-order valence-electron chi connectivity index (χ3n) is 2.53. The van der Waals surface area contributed by atoms with E-state index in [1.165, 1.54) is 0 Å². The van der Waals surface area contributed by atoms with Gasteiger partial charge in [0.05, 0.1) is 5.52 Å². The number of amides is 2. The van der Waals surface area contributed by atoms with Crippen LogP contribution in [0.3, 0.4) is 0 Å². The van der Waals surface area contributed by atoms with E-state index in [1.807, 2.05) is 43.5 Å². The van der Waals surface area contributed by atoms with E-state index in [9.17, 15) is 4.79 Å². The van der Waals surface area contributed by atoms with Crippen LogP contribution >= 0.6 is 0 Å². The van der Waals surface area contributed by atoms with Crippen LogP contribution in [0.25, 0.3) is 10.9 Å². The van der Waals surface area contributed by atoms with Crippen LogP contribution in [-0.4, -0.2) is 17.3 Å². The molecule has 0 aliphatic rings.